The van der Waals surface area contributed by atoms with Gasteiger partial charge >= 0.3 is 0 Å². The molecule has 2 aromatic carbocycles. The highest BCUT2D eigenvalue weighted by Gasteiger charge is 2.14. The van der Waals surface area contributed by atoms with Gasteiger partial charge in [0, 0.05) is 10.5 Å². The maximum atomic E-state index is 13.4. The predicted octanol–water partition coefficient (Wildman–Crippen LogP) is 4.62. The van der Waals surface area contributed by atoms with Gasteiger partial charge in [0.2, 0.25) is 0 Å². The molecule has 0 aliphatic heterocycles. The molecule has 2 rings (SSSR count). The van der Waals surface area contributed by atoms with Gasteiger partial charge in [-0.15, -0.1) is 0 Å². The van der Waals surface area contributed by atoms with Crippen molar-refractivity contribution in [3.63, 3.8) is 0 Å². The van der Waals surface area contributed by atoms with Gasteiger partial charge in [0.05, 0.1) is 0 Å². The first-order valence-electron chi connectivity index (χ1n) is 6.53. The van der Waals surface area contributed by atoms with Crippen LogP contribution in [0.1, 0.15) is 24.1 Å². The largest absolute Gasteiger partial charge is 0.310 e. The lowest BCUT2D eigenvalue weighted by molar-refractivity contribution is 0.541. The highest BCUT2D eigenvalue weighted by Crippen LogP contribution is 2.25. The van der Waals surface area contributed by atoms with Gasteiger partial charge in [-0.25, -0.2) is 8.78 Å². The maximum absolute atomic E-state index is 13.4. The molecule has 1 unspecified atom stereocenters. The minimum Gasteiger partial charge on any atom is -0.310 e. The summed E-state index contributed by atoms with van der Waals surface area (Å²) in [6.07, 6.45) is 0.665. The summed E-state index contributed by atoms with van der Waals surface area (Å²) in [6.45, 7) is 2.78. The molecule has 106 valence electrons. The lowest BCUT2D eigenvalue weighted by atomic mass is 9.98. The molecule has 0 radical (unpaired) electrons. The van der Waals surface area contributed by atoms with Crippen molar-refractivity contribution >= 4 is 15.9 Å². The van der Waals surface area contributed by atoms with Gasteiger partial charge in [0.25, 0.3) is 0 Å². The number of hydrogen-bond donors (Lipinski definition) is 1. The second-order valence-corrected chi connectivity index (χ2v) is 5.46. The molecule has 0 bridgehead atoms. The summed E-state index contributed by atoms with van der Waals surface area (Å²) in [4.78, 5) is 0. The van der Waals surface area contributed by atoms with Crippen LogP contribution in [-0.2, 0) is 6.42 Å². The summed E-state index contributed by atoms with van der Waals surface area (Å²) >= 11 is 3.37. The van der Waals surface area contributed by atoms with Crippen molar-refractivity contribution in [2.24, 2.45) is 0 Å². The highest BCUT2D eigenvalue weighted by molar-refractivity contribution is 9.10. The standard InChI is InChI=1S/C16H16BrF2N/c1-2-20-16(12-4-3-5-13(18)8-12)9-11-6-7-14(19)10-15(11)17/h3-8,10,16,20H,2,9H2,1H3. The average molecular weight is 340 g/mol. The molecule has 0 saturated heterocycles. The Morgan fingerprint density at radius 3 is 2.50 bits per heavy atom. The van der Waals surface area contributed by atoms with Gasteiger partial charge in [-0.1, -0.05) is 41.1 Å². The van der Waals surface area contributed by atoms with Crippen molar-refractivity contribution in [1.29, 1.82) is 0 Å². The molecule has 1 N–H and O–H groups in total. The van der Waals surface area contributed by atoms with E-state index in [2.05, 4.69) is 21.2 Å². The fraction of sp³-hybridized carbons (Fsp3) is 0.250. The van der Waals surface area contributed by atoms with Crippen molar-refractivity contribution in [2.45, 2.75) is 19.4 Å². The molecule has 0 heterocycles. The number of rotatable bonds is 5. The van der Waals surface area contributed by atoms with Crippen LogP contribution in [0.3, 0.4) is 0 Å². The fourth-order valence-corrected chi connectivity index (χ4v) is 2.70. The van der Waals surface area contributed by atoms with E-state index in [9.17, 15) is 8.78 Å². The maximum Gasteiger partial charge on any atom is 0.124 e. The van der Waals surface area contributed by atoms with E-state index in [-0.39, 0.29) is 17.7 Å². The van der Waals surface area contributed by atoms with Crippen LogP contribution in [0.5, 0.6) is 0 Å². The van der Waals surface area contributed by atoms with Gasteiger partial charge in [0.1, 0.15) is 11.6 Å². The lowest BCUT2D eigenvalue weighted by Crippen LogP contribution is -2.23. The van der Waals surface area contributed by atoms with Crippen LogP contribution in [0.4, 0.5) is 8.78 Å². The molecule has 20 heavy (non-hydrogen) atoms. The Hall–Kier alpha value is -1.26. The molecule has 4 heteroatoms. The Labute approximate surface area is 126 Å². The number of likely N-dealkylation sites (N-methyl/N-ethyl adjacent to an activating group) is 1. The van der Waals surface area contributed by atoms with Gasteiger partial charge in [-0.05, 0) is 48.4 Å². The van der Waals surface area contributed by atoms with Gasteiger partial charge < -0.3 is 5.32 Å². The van der Waals surface area contributed by atoms with E-state index < -0.39 is 0 Å². The molecule has 0 spiro atoms. The van der Waals surface area contributed by atoms with E-state index in [0.29, 0.717) is 6.42 Å². The van der Waals surface area contributed by atoms with Crippen molar-refractivity contribution in [1.82, 2.24) is 5.32 Å². The van der Waals surface area contributed by atoms with Gasteiger partial charge in [0.15, 0.2) is 0 Å². The summed E-state index contributed by atoms with van der Waals surface area (Å²) in [5.41, 5.74) is 1.88. The molecule has 0 aromatic heterocycles. The second kappa shape index (κ2) is 6.95. The molecule has 2 aromatic rings. The Bertz CT molecular complexity index is 586. The number of halogens is 3. The third-order valence-electron chi connectivity index (χ3n) is 3.14. The summed E-state index contributed by atoms with van der Waals surface area (Å²) in [6, 6.07) is 11.2. The Morgan fingerprint density at radius 1 is 1.10 bits per heavy atom. The monoisotopic (exact) mass is 339 g/mol. The van der Waals surface area contributed by atoms with E-state index in [4.69, 9.17) is 0 Å². The molecule has 0 fully saturated rings. The van der Waals surface area contributed by atoms with Crippen molar-refractivity contribution in [3.05, 3.63) is 69.7 Å². The normalized spacial score (nSPS) is 12.4. The third kappa shape index (κ3) is 3.87. The van der Waals surface area contributed by atoms with E-state index in [1.165, 1.54) is 24.3 Å². The lowest BCUT2D eigenvalue weighted by Gasteiger charge is -2.19. The van der Waals surface area contributed by atoms with Crippen LogP contribution in [0.2, 0.25) is 0 Å². The average Bonchev–Trinajstić information content (AvgIpc) is 2.41. The van der Waals surface area contributed by atoms with Crippen molar-refractivity contribution in [2.75, 3.05) is 6.54 Å². The molecule has 1 atom stereocenters. The minimum atomic E-state index is -0.272. The number of nitrogens with one attached hydrogen (secondary N) is 1. The minimum absolute atomic E-state index is 0.00235. The molecule has 0 saturated carbocycles. The van der Waals surface area contributed by atoms with Crippen LogP contribution < -0.4 is 5.32 Å². The molecular weight excluding hydrogens is 324 g/mol. The molecule has 0 aliphatic carbocycles. The van der Waals surface area contributed by atoms with E-state index in [0.717, 1.165) is 22.1 Å². The Morgan fingerprint density at radius 2 is 1.85 bits per heavy atom. The zero-order valence-corrected chi connectivity index (χ0v) is 12.8. The quantitative estimate of drug-likeness (QED) is 0.837. The summed E-state index contributed by atoms with van der Waals surface area (Å²) in [5, 5.41) is 3.34. The zero-order valence-electron chi connectivity index (χ0n) is 11.2. The zero-order chi connectivity index (χ0) is 14.5. The van der Waals surface area contributed by atoms with Crippen LogP contribution in [0, 0.1) is 11.6 Å². The Balaban J connectivity index is 2.25. The summed E-state index contributed by atoms with van der Waals surface area (Å²) < 4.78 is 27.2. The van der Waals surface area contributed by atoms with Crippen molar-refractivity contribution < 1.29 is 8.78 Å². The SMILES string of the molecule is CCNC(Cc1ccc(F)cc1Br)c1cccc(F)c1. The molecule has 0 aliphatic rings. The number of benzene rings is 2. The summed E-state index contributed by atoms with van der Waals surface area (Å²) in [5.74, 6) is -0.519. The highest BCUT2D eigenvalue weighted by atomic mass is 79.9. The van der Waals surface area contributed by atoms with Crippen LogP contribution in [0.15, 0.2) is 46.9 Å². The van der Waals surface area contributed by atoms with Crippen LogP contribution in [0.25, 0.3) is 0 Å². The number of hydrogen-bond acceptors (Lipinski definition) is 1. The topological polar surface area (TPSA) is 12.0 Å². The van der Waals surface area contributed by atoms with E-state index >= 15 is 0 Å². The molecule has 1 nitrogen and oxygen atoms in total. The Kier molecular flexibility index (Phi) is 5.26. The van der Waals surface area contributed by atoms with Gasteiger partial charge in [-0.3, -0.25) is 0 Å². The van der Waals surface area contributed by atoms with E-state index in [1.807, 2.05) is 13.0 Å². The first-order valence-corrected chi connectivity index (χ1v) is 7.32. The predicted molar refractivity (Wildman–Crippen MR) is 80.6 cm³/mol. The second-order valence-electron chi connectivity index (χ2n) is 4.61. The molecule has 0 amide bonds. The van der Waals surface area contributed by atoms with Crippen molar-refractivity contribution in [3.8, 4) is 0 Å². The van der Waals surface area contributed by atoms with Crippen LogP contribution in [-0.4, -0.2) is 6.54 Å². The molecular formula is C16H16BrF2N. The van der Waals surface area contributed by atoms with Gasteiger partial charge in [-0.2, -0.15) is 0 Å². The first kappa shape index (κ1) is 15.1. The first-order chi connectivity index (χ1) is 9.60. The van der Waals surface area contributed by atoms with Crippen LogP contribution >= 0.6 is 15.9 Å². The third-order valence-corrected chi connectivity index (χ3v) is 3.88. The summed E-state index contributed by atoms with van der Waals surface area (Å²) in [7, 11) is 0. The fourth-order valence-electron chi connectivity index (χ4n) is 2.18. The smallest absolute Gasteiger partial charge is 0.124 e. The van der Waals surface area contributed by atoms with E-state index in [1.54, 1.807) is 12.1 Å².